The van der Waals surface area contributed by atoms with Crippen LogP contribution in [0.15, 0.2) is 84.9 Å². The number of rotatable bonds is 4. The Balaban J connectivity index is 1.81. The molecule has 0 spiro atoms. The summed E-state index contributed by atoms with van der Waals surface area (Å²) in [6, 6.07) is 18.5. The van der Waals surface area contributed by atoms with E-state index in [1.807, 2.05) is 36.4 Å². The Labute approximate surface area is 156 Å². The van der Waals surface area contributed by atoms with Gasteiger partial charge in [-0.05, 0) is 34.9 Å². The quantitative estimate of drug-likeness (QED) is 0.756. The third-order valence-electron chi connectivity index (χ3n) is 4.65. The predicted molar refractivity (Wildman–Crippen MR) is 99.9 cm³/mol. The number of aromatic nitrogens is 1. The Hall–Kier alpha value is -3.47. The van der Waals surface area contributed by atoms with E-state index >= 15 is 0 Å². The molecule has 2 heterocycles. The zero-order valence-corrected chi connectivity index (χ0v) is 14.4. The largest absolute Gasteiger partial charge is 0.503 e. The van der Waals surface area contributed by atoms with Gasteiger partial charge in [0.25, 0.3) is 5.91 Å². The van der Waals surface area contributed by atoms with Crippen molar-refractivity contribution >= 4 is 11.5 Å². The van der Waals surface area contributed by atoms with Gasteiger partial charge in [0.15, 0.2) is 5.76 Å². The van der Waals surface area contributed by atoms with Crippen molar-refractivity contribution in [1.82, 2.24) is 9.88 Å². The maximum Gasteiger partial charge on any atom is 0.290 e. The maximum absolute atomic E-state index is 13.4. The summed E-state index contributed by atoms with van der Waals surface area (Å²) in [6.07, 6.45) is 3.35. The first-order chi connectivity index (χ1) is 13.1. The normalized spacial score (nSPS) is 16.9. The van der Waals surface area contributed by atoms with Crippen LogP contribution in [0.4, 0.5) is 4.39 Å². The monoisotopic (exact) mass is 360 g/mol. The van der Waals surface area contributed by atoms with E-state index in [1.54, 1.807) is 35.5 Å². The van der Waals surface area contributed by atoms with E-state index in [2.05, 4.69) is 4.98 Å². The molecule has 4 rings (SSSR count). The van der Waals surface area contributed by atoms with Crippen molar-refractivity contribution in [2.75, 3.05) is 0 Å². The lowest BCUT2D eigenvalue weighted by Gasteiger charge is -2.27. The Morgan fingerprint density at radius 2 is 1.74 bits per heavy atom. The number of hydrogen-bond acceptors (Lipinski definition) is 3. The Morgan fingerprint density at radius 1 is 1.00 bits per heavy atom. The Bertz CT molecular complexity index is 986. The van der Waals surface area contributed by atoms with Gasteiger partial charge in [-0.1, -0.05) is 48.5 Å². The van der Waals surface area contributed by atoms with Gasteiger partial charge in [-0.2, -0.15) is 0 Å². The van der Waals surface area contributed by atoms with Gasteiger partial charge >= 0.3 is 0 Å². The summed E-state index contributed by atoms with van der Waals surface area (Å²) in [4.78, 5) is 18.5. The molecule has 1 amide bonds. The van der Waals surface area contributed by atoms with Crippen molar-refractivity contribution in [3.8, 4) is 0 Å². The number of carbonyl (C=O) groups excluding carboxylic acids is 1. The van der Waals surface area contributed by atoms with E-state index in [0.29, 0.717) is 5.57 Å². The van der Waals surface area contributed by atoms with Crippen LogP contribution in [0.25, 0.3) is 5.57 Å². The minimum Gasteiger partial charge on any atom is -0.503 e. The van der Waals surface area contributed by atoms with Crippen LogP contribution in [-0.4, -0.2) is 20.9 Å². The van der Waals surface area contributed by atoms with Gasteiger partial charge in [-0.3, -0.25) is 9.78 Å². The summed E-state index contributed by atoms with van der Waals surface area (Å²) in [5, 5.41) is 10.6. The highest BCUT2D eigenvalue weighted by atomic mass is 19.1. The van der Waals surface area contributed by atoms with Gasteiger partial charge in [0.1, 0.15) is 5.82 Å². The summed E-state index contributed by atoms with van der Waals surface area (Å²) in [7, 11) is 0. The highest BCUT2D eigenvalue weighted by molar-refractivity contribution is 6.05. The summed E-state index contributed by atoms with van der Waals surface area (Å²) in [5.74, 6) is -1.08. The van der Waals surface area contributed by atoms with Gasteiger partial charge in [-0.25, -0.2) is 4.39 Å². The molecular weight excluding hydrogens is 343 g/mol. The van der Waals surface area contributed by atoms with Crippen LogP contribution in [0.1, 0.15) is 22.7 Å². The SMILES string of the molecule is O=C1C(O)=C(c2ccccc2)[C@@H](c2ccc(F)cc2)N1Cc1cccnc1. The fourth-order valence-electron chi connectivity index (χ4n) is 3.41. The van der Waals surface area contributed by atoms with E-state index in [-0.39, 0.29) is 18.1 Å². The van der Waals surface area contributed by atoms with Crippen LogP contribution in [0.5, 0.6) is 0 Å². The van der Waals surface area contributed by atoms with Crippen molar-refractivity contribution in [3.05, 3.63) is 107 Å². The molecule has 0 saturated carbocycles. The lowest BCUT2D eigenvalue weighted by molar-refractivity contribution is -0.130. The number of hydrogen-bond donors (Lipinski definition) is 1. The molecule has 1 aliphatic heterocycles. The number of carbonyl (C=O) groups is 1. The molecular formula is C22H17FN2O2. The molecule has 3 aromatic rings. The molecule has 0 fully saturated rings. The summed E-state index contributed by atoms with van der Waals surface area (Å²) >= 11 is 0. The molecule has 0 radical (unpaired) electrons. The fraction of sp³-hybridized carbons (Fsp3) is 0.0909. The van der Waals surface area contributed by atoms with Crippen LogP contribution >= 0.6 is 0 Å². The highest BCUT2D eigenvalue weighted by Gasteiger charge is 2.40. The number of aliphatic hydroxyl groups excluding tert-OH is 1. The second-order valence-electron chi connectivity index (χ2n) is 6.38. The van der Waals surface area contributed by atoms with Crippen molar-refractivity contribution < 1.29 is 14.3 Å². The maximum atomic E-state index is 13.4. The van der Waals surface area contributed by atoms with Gasteiger partial charge in [0.05, 0.1) is 6.04 Å². The van der Waals surface area contributed by atoms with E-state index in [1.165, 1.54) is 12.1 Å². The third-order valence-corrected chi connectivity index (χ3v) is 4.65. The fourth-order valence-corrected chi connectivity index (χ4v) is 3.41. The zero-order chi connectivity index (χ0) is 18.8. The molecule has 0 aliphatic carbocycles. The summed E-state index contributed by atoms with van der Waals surface area (Å²) in [6.45, 7) is 0.287. The summed E-state index contributed by atoms with van der Waals surface area (Å²) < 4.78 is 13.4. The van der Waals surface area contributed by atoms with Crippen molar-refractivity contribution in [2.45, 2.75) is 12.6 Å². The molecule has 1 aromatic heterocycles. The van der Waals surface area contributed by atoms with Crippen LogP contribution < -0.4 is 0 Å². The number of benzene rings is 2. The minimum absolute atomic E-state index is 0.278. The van der Waals surface area contributed by atoms with Crippen molar-refractivity contribution in [3.63, 3.8) is 0 Å². The molecule has 4 nitrogen and oxygen atoms in total. The molecule has 0 unspecified atom stereocenters. The molecule has 1 atom stereocenters. The molecule has 1 aliphatic rings. The van der Waals surface area contributed by atoms with Crippen LogP contribution in [-0.2, 0) is 11.3 Å². The molecule has 1 N–H and O–H groups in total. The molecule has 134 valence electrons. The first-order valence-electron chi connectivity index (χ1n) is 8.59. The van der Waals surface area contributed by atoms with E-state index < -0.39 is 11.9 Å². The van der Waals surface area contributed by atoms with E-state index in [4.69, 9.17) is 0 Å². The number of amides is 1. The topological polar surface area (TPSA) is 53.4 Å². The number of halogens is 1. The minimum atomic E-state index is -0.513. The lowest BCUT2D eigenvalue weighted by Crippen LogP contribution is -2.29. The first-order valence-corrected chi connectivity index (χ1v) is 8.59. The highest BCUT2D eigenvalue weighted by Crippen LogP contribution is 2.43. The second-order valence-corrected chi connectivity index (χ2v) is 6.38. The molecule has 27 heavy (non-hydrogen) atoms. The molecule has 5 heteroatoms. The lowest BCUT2D eigenvalue weighted by atomic mass is 9.93. The number of aliphatic hydroxyl groups is 1. The van der Waals surface area contributed by atoms with E-state index in [9.17, 15) is 14.3 Å². The van der Waals surface area contributed by atoms with Crippen LogP contribution in [0.2, 0.25) is 0 Å². The standard InChI is InChI=1S/C22H17FN2O2/c23-18-10-8-17(9-11-18)20-19(16-6-2-1-3-7-16)21(26)22(27)25(20)14-15-5-4-12-24-13-15/h1-13,20,26H,14H2/t20-/m1/s1. The van der Waals surface area contributed by atoms with Crippen LogP contribution in [0.3, 0.4) is 0 Å². The summed E-state index contributed by atoms with van der Waals surface area (Å²) in [5.41, 5.74) is 2.86. The number of nitrogens with zero attached hydrogens (tertiary/aromatic N) is 2. The third kappa shape index (κ3) is 3.19. The van der Waals surface area contributed by atoms with Gasteiger partial charge in [0.2, 0.25) is 0 Å². The zero-order valence-electron chi connectivity index (χ0n) is 14.4. The number of pyridine rings is 1. The predicted octanol–water partition coefficient (Wildman–Crippen LogP) is 4.27. The van der Waals surface area contributed by atoms with Gasteiger partial charge in [-0.15, -0.1) is 0 Å². The van der Waals surface area contributed by atoms with Crippen molar-refractivity contribution in [2.24, 2.45) is 0 Å². The molecule has 0 bridgehead atoms. The van der Waals surface area contributed by atoms with E-state index in [0.717, 1.165) is 16.7 Å². The molecule has 2 aromatic carbocycles. The van der Waals surface area contributed by atoms with Gasteiger partial charge < -0.3 is 10.0 Å². The van der Waals surface area contributed by atoms with Crippen LogP contribution in [0, 0.1) is 5.82 Å². The first kappa shape index (κ1) is 17.0. The Morgan fingerprint density at radius 3 is 2.41 bits per heavy atom. The Kier molecular flexibility index (Phi) is 4.42. The smallest absolute Gasteiger partial charge is 0.290 e. The average molecular weight is 360 g/mol. The van der Waals surface area contributed by atoms with Gasteiger partial charge in [0, 0.05) is 24.5 Å². The second kappa shape index (κ2) is 7.03. The molecule has 0 saturated heterocycles. The average Bonchev–Trinajstić information content (AvgIpc) is 2.95. The van der Waals surface area contributed by atoms with Crippen molar-refractivity contribution in [1.29, 1.82) is 0 Å².